The van der Waals surface area contributed by atoms with Gasteiger partial charge in [0.1, 0.15) is 17.3 Å². The minimum absolute atomic E-state index is 0.552. The molecule has 5 nitrogen and oxygen atoms in total. The van der Waals surface area contributed by atoms with E-state index in [0.29, 0.717) is 12.4 Å². The molecule has 2 rings (SSSR count). The number of aryl methyl sites for hydroxylation is 1. The summed E-state index contributed by atoms with van der Waals surface area (Å²) in [5, 5.41) is 4.42. The minimum atomic E-state index is 0.552. The third-order valence-electron chi connectivity index (χ3n) is 2.90. The highest BCUT2D eigenvalue weighted by Gasteiger charge is 2.12. The Balaban J connectivity index is 2.38. The molecule has 1 heterocycles. The maximum Gasteiger partial charge on any atom is 0.135 e. The van der Waals surface area contributed by atoms with Crippen molar-refractivity contribution < 1.29 is 9.47 Å². The van der Waals surface area contributed by atoms with Gasteiger partial charge in [0.05, 0.1) is 30.0 Å². The minimum Gasteiger partial charge on any atom is -0.497 e. The Morgan fingerprint density at radius 3 is 2.58 bits per heavy atom. The van der Waals surface area contributed by atoms with Crippen LogP contribution in [0, 0.1) is 10.5 Å². The Bertz CT molecular complexity index is 596. The molecule has 0 amide bonds. The molecule has 102 valence electrons. The zero-order chi connectivity index (χ0) is 14.0. The Morgan fingerprint density at radius 2 is 2.05 bits per heavy atom. The van der Waals surface area contributed by atoms with Gasteiger partial charge in [0.2, 0.25) is 0 Å². The molecule has 0 saturated carbocycles. The van der Waals surface area contributed by atoms with Crippen LogP contribution in [0.1, 0.15) is 11.3 Å². The van der Waals surface area contributed by atoms with Gasteiger partial charge in [-0.25, -0.2) is 4.68 Å². The standard InChI is InChI=1S/C13H16IN3O2/c1-8-12(14)13(15)17(16-8)7-9-6-10(18-2)4-5-11(9)19-3/h4-6H,7,15H2,1-3H3. The SMILES string of the molecule is COc1ccc(OC)c(Cn2nc(C)c(I)c2N)c1. The lowest BCUT2D eigenvalue weighted by molar-refractivity contribution is 0.397. The van der Waals surface area contributed by atoms with Gasteiger partial charge in [0.15, 0.2) is 0 Å². The number of methoxy groups -OCH3 is 2. The number of benzene rings is 1. The van der Waals surface area contributed by atoms with Gasteiger partial charge in [-0.1, -0.05) is 0 Å². The predicted molar refractivity (Wildman–Crippen MR) is 82.7 cm³/mol. The largest absolute Gasteiger partial charge is 0.497 e. The molecule has 0 aliphatic carbocycles. The highest BCUT2D eigenvalue weighted by molar-refractivity contribution is 14.1. The molecule has 0 bridgehead atoms. The molecule has 2 aromatic rings. The van der Waals surface area contributed by atoms with Crippen molar-refractivity contribution in [1.29, 1.82) is 0 Å². The van der Waals surface area contributed by atoms with E-state index in [2.05, 4.69) is 27.7 Å². The average molecular weight is 373 g/mol. The second-order valence-corrected chi connectivity index (χ2v) is 5.20. The normalized spacial score (nSPS) is 10.5. The zero-order valence-corrected chi connectivity index (χ0v) is 13.3. The fraction of sp³-hybridized carbons (Fsp3) is 0.308. The van der Waals surface area contributed by atoms with Crippen LogP contribution in [0.4, 0.5) is 5.82 Å². The van der Waals surface area contributed by atoms with Crippen molar-refractivity contribution in [2.45, 2.75) is 13.5 Å². The van der Waals surface area contributed by atoms with Crippen LogP contribution in [0.3, 0.4) is 0 Å². The van der Waals surface area contributed by atoms with E-state index in [-0.39, 0.29) is 0 Å². The van der Waals surface area contributed by atoms with E-state index in [0.717, 1.165) is 26.3 Å². The van der Waals surface area contributed by atoms with Crippen LogP contribution in [-0.2, 0) is 6.54 Å². The van der Waals surface area contributed by atoms with Crippen molar-refractivity contribution in [1.82, 2.24) is 9.78 Å². The number of halogens is 1. The maximum absolute atomic E-state index is 6.03. The fourth-order valence-electron chi connectivity index (χ4n) is 1.86. The monoisotopic (exact) mass is 373 g/mol. The van der Waals surface area contributed by atoms with Crippen molar-refractivity contribution in [3.63, 3.8) is 0 Å². The number of hydrogen-bond acceptors (Lipinski definition) is 4. The third kappa shape index (κ3) is 2.78. The average Bonchev–Trinajstić information content (AvgIpc) is 2.66. The molecule has 0 unspecified atom stereocenters. The molecule has 0 fully saturated rings. The number of hydrogen-bond donors (Lipinski definition) is 1. The Labute approximate surface area is 125 Å². The first-order valence-corrected chi connectivity index (χ1v) is 6.84. The predicted octanol–water partition coefficient (Wildman–Crippen LogP) is 2.44. The topological polar surface area (TPSA) is 62.3 Å². The van der Waals surface area contributed by atoms with Crippen LogP contribution in [0.5, 0.6) is 11.5 Å². The number of aromatic nitrogens is 2. The van der Waals surface area contributed by atoms with Gasteiger partial charge in [-0.15, -0.1) is 0 Å². The summed E-state index contributed by atoms with van der Waals surface area (Å²) in [5.41, 5.74) is 7.94. The van der Waals surface area contributed by atoms with E-state index in [9.17, 15) is 0 Å². The highest BCUT2D eigenvalue weighted by Crippen LogP contribution is 2.26. The highest BCUT2D eigenvalue weighted by atomic mass is 127. The first-order chi connectivity index (χ1) is 9.06. The quantitative estimate of drug-likeness (QED) is 0.837. The van der Waals surface area contributed by atoms with Gasteiger partial charge in [0, 0.05) is 5.56 Å². The van der Waals surface area contributed by atoms with Crippen LogP contribution in [0.2, 0.25) is 0 Å². The fourth-order valence-corrected chi connectivity index (χ4v) is 2.25. The molecule has 0 spiro atoms. The molecule has 0 saturated heterocycles. The lowest BCUT2D eigenvalue weighted by Crippen LogP contribution is -2.07. The van der Waals surface area contributed by atoms with E-state index in [1.54, 1.807) is 18.9 Å². The number of anilines is 1. The summed E-state index contributed by atoms with van der Waals surface area (Å²) in [4.78, 5) is 0. The van der Waals surface area contributed by atoms with Crippen molar-refractivity contribution in [3.05, 3.63) is 33.0 Å². The molecule has 2 N–H and O–H groups in total. The smallest absolute Gasteiger partial charge is 0.135 e. The maximum atomic E-state index is 6.03. The van der Waals surface area contributed by atoms with Gasteiger partial charge in [-0.2, -0.15) is 5.10 Å². The third-order valence-corrected chi connectivity index (χ3v) is 4.23. The van der Waals surface area contributed by atoms with Crippen molar-refractivity contribution in [2.75, 3.05) is 20.0 Å². The van der Waals surface area contributed by atoms with Crippen molar-refractivity contribution in [2.24, 2.45) is 0 Å². The molecule has 0 radical (unpaired) electrons. The number of nitrogen functional groups attached to an aromatic ring is 1. The van der Waals surface area contributed by atoms with E-state index in [4.69, 9.17) is 15.2 Å². The van der Waals surface area contributed by atoms with E-state index in [1.165, 1.54) is 0 Å². The lowest BCUT2D eigenvalue weighted by atomic mass is 10.2. The van der Waals surface area contributed by atoms with Gasteiger partial charge in [0.25, 0.3) is 0 Å². The first kappa shape index (κ1) is 14.0. The summed E-state index contributed by atoms with van der Waals surface area (Å²) in [6.45, 7) is 2.49. The molecule has 6 heteroatoms. The number of rotatable bonds is 4. The molecule has 1 aromatic heterocycles. The molecule has 19 heavy (non-hydrogen) atoms. The molecular weight excluding hydrogens is 357 g/mol. The van der Waals surface area contributed by atoms with Crippen LogP contribution in [0.15, 0.2) is 18.2 Å². The summed E-state index contributed by atoms with van der Waals surface area (Å²) in [5.74, 6) is 2.25. The summed E-state index contributed by atoms with van der Waals surface area (Å²) in [7, 11) is 3.29. The second-order valence-electron chi connectivity index (χ2n) is 4.12. The summed E-state index contributed by atoms with van der Waals surface area (Å²) in [6.07, 6.45) is 0. The van der Waals surface area contributed by atoms with Crippen LogP contribution in [0.25, 0.3) is 0 Å². The van der Waals surface area contributed by atoms with Gasteiger partial charge in [-0.3, -0.25) is 0 Å². The van der Waals surface area contributed by atoms with Gasteiger partial charge < -0.3 is 15.2 Å². The molecule has 1 aromatic carbocycles. The Kier molecular flexibility index (Phi) is 4.18. The van der Waals surface area contributed by atoms with E-state index >= 15 is 0 Å². The van der Waals surface area contributed by atoms with E-state index < -0.39 is 0 Å². The zero-order valence-electron chi connectivity index (χ0n) is 11.1. The summed E-state index contributed by atoms with van der Waals surface area (Å²) >= 11 is 2.20. The second kappa shape index (κ2) is 5.68. The molecular formula is C13H16IN3O2. The Hall–Kier alpha value is -1.44. The number of nitrogens with two attached hydrogens (primary N) is 1. The van der Waals surface area contributed by atoms with Crippen molar-refractivity contribution >= 4 is 28.4 Å². The van der Waals surface area contributed by atoms with Crippen LogP contribution >= 0.6 is 22.6 Å². The van der Waals surface area contributed by atoms with Crippen LogP contribution in [-0.4, -0.2) is 24.0 Å². The van der Waals surface area contributed by atoms with Gasteiger partial charge >= 0.3 is 0 Å². The molecule has 0 aliphatic rings. The number of ether oxygens (including phenoxy) is 2. The van der Waals surface area contributed by atoms with Gasteiger partial charge in [-0.05, 0) is 47.7 Å². The number of nitrogens with zero attached hydrogens (tertiary/aromatic N) is 2. The Morgan fingerprint density at radius 1 is 1.32 bits per heavy atom. The summed E-state index contributed by atoms with van der Waals surface area (Å²) < 4.78 is 13.3. The molecule has 0 atom stereocenters. The lowest BCUT2D eigenvalue weighted by Gasteiger charge is -2.11. The van der Waals surface area contributed by atoms with E-state index in [1.807, 2.05) is 25.1 Å². The molecule has 0 aliphatic heterocycles. The van der Waals surface area contributed by atoms with Crippen molar-refractivity contribution in [3.8, 4) is 11.5 Å². The summed E-state index contributed by atoms with van der Waals surface area (Å²) in [6, 6.07) is 5.68. The van der Waals surface area contributed by atoms with Crippen LogP contribution < -0.4 is 15.2 Å². The first-order valence-electron chi connectivity index (χ1n) is 5.76.